The highest BCUT2D eigenvalue weighted by molar-refractivity contribution is 5.93. The molecule has 0 spiro atoms. The number of aryl methyl sites for hydroxylation is 3. The number of amides is 1. The van der Waals surface area contributed by atoms with E-state index in [2.05, 4.69) is 15.5 Å². The predicted molar refractivity (Wildman–Crippen MR) is 78.5 cm³/mol. The summed E-state index contributed by atoms with van der Waals surface area (Å²) in [4.78, 5) is 22.4. The Balaban J connectivity index is 1.77. The molecule has 0 atom stereocenters. The van der Waals surface area contributed by atoms with E-state index in [1.165, 1.54) is 17.1 Å². The van der Waals surface area contributed by atoms with Gasteiger partial charge in [-0.25, -0.2) is 0 Å². The van der Waals surface area contributed by atoms with Gasteiger partial charge in [-0.2, -0.15) is 10.2 Å². The van der Waals surface area contributed by atoms with Gasteiger partial charge < -0.3 is 10.4 Å². The van der Waals surface area contributed by atoms with Crippen LogP contribution < -0.4 is 5.32 Å². The molecule has 0 unspecified atom stereocenters. The second-order valence-electron chi connectivity index (χ2n) is 5.08. The van der Waals surface area contributed by atoms with Crippen molar-refractivity contribution < 1.29 is 14.7 Å². The van der Waals surface area contributed by atoms with E-state index in [-0.39, 0.29) is 12.5 Å². The van der Waals surface area contributed by atoms with E-state index in [0.717, 1.165) is 24.4 Å². The van der Waals surface area contributed by atoms with Gasteiger partial charge in [0.15, 0.2) is 0 Å². The molecule has 0 fully saturated rings. The first-order chi connectivity index (χ1) is 10.5. The molecule has 0 aliphatic carbocycles. The lowest BCUT2D eigenvalue weighted by Gasteiger charge is -2.05. The first kappa shape index (κ1) is 15.7. The Morgan fingerprint density at radius 2 is 2.14 bits per heavy atom. The molecule has 0 aliphatic rings. The van der Waals surface area contributed by atoms with Crippen LogP contribution in [0.4, 0.5) is 0 Å². The number of carboxylic acids is 1. The maximum atomic E-state index is 11.9. The lowest BCUT2D eigenvalue weighted by Crippen LogP contribution is -2.25. The molecular formula is C14H19N5O3. The third kappa shape index (κ3) is 4.18. The summed E-state index contributed by atoms with van der Waals surface area (Å²) in [7, 11) is 0. The van der Waals surface area contributed by atoms with Crippen molar-refractivity contribution in [3.63, 3.8) is 0 Å². The maximum absolute atomic E-state index is 11.9. The van der Waals surface area contributed by atoms with Crippen molar-refractivity contribution in [2.45, 2.75) is 33.4 Å². The standard InChI is InChI=1S/C14H19N5O3/c1-10-6-11(2)19(17-10)5-3-4-15-14(22)12-7-16-18(8-12)9-13(20)21/h6-8H,3-5,9H2,1-2H3,(H,15,22)(H,20,21). The van der Waals surface area contributed by atoms with E-state index in [4.69, 9.17) is 5.11 Å². The van der Waals surface area contributed by atoms with Crippen molar-refractivity contribution in [2.24, 2.45) is 0 Å². The molecule has 118 valence electrons. The van der Waals surface area contributed by atoms with Crippen LogP contribution in [0.1, 0.15) is 28.2 Å². The van der Waals surface area contributed by atoms with Gasteiger partial charge in [0.2, 0.25) is 0 Å². The lowest BCUT2D eigenvalue weighted by molar-refractivity contribution is -0.137. The summed E-state index contributed by atoms with van der Waals surface area (Å²) in [5.41, 5.74) is 2.43. The van der Waals surface area contributed by atoms with Gasteiger partial charge in [0.1, 0.15) is 6.54 Å². The Hall–Kier alpha value is -2.64. The number of rotatable bonds is 7. The summed E-state index contributed by atoms with van der Waals surface area (Å²) < 4.78 is 3.12. The van der Waals surface area contributed by atoms with E-state index in [0.29, 0.717) is 12.1 Å². The predicted octanol–water partition coefficient (Wildman–Crippen LogP) is 0.601. The van der Waals surface area contributed by atoms with Gasteiger partial charge in [0.05, 0.1) is 17.5 Å². The average molecular weight is 305 g/mol. The molecule has 22 heavy (non-hydrogen) atoms. The molecule has 2 N–H and O–H groups in total. The van der Waals surface area contributed by atoms with Crippen LogP contribution in [0.15, 0.2) is 18.5 Å². The minimum Gasteiger partial charge on any atom is -0.480 e. The molecule has 0 aliphatic heterocycles. The SMILES string of the molecule is Cc1cc(C)n(CCCNC(=O)c2cnn(CC(=O)O)c2)n1. The highest BCUT2D eigenvalue weighted by Crippen LogP contribution is 2.02. The van der Waals surface area contributed by atoms with Crippen molar-refractivity contribution in [3.8, 4) is 0 Å². The number of aromatic nitrogens is 4. The average Bonchev–Trinajstić information content (AvgIpc) is 3.01. The number of nitrogens with one attached hydrogen (secondary N) is 1. The summed E-state index contributed by atoms with van der Waals surface area (Å²) in [6.07, 6.45) is 3.54. The zero-order chi connectivity index (χ0) is 16.1. The lowest BCUT2D eigenvalue weighted by atomic mass is 10.3. The Bertz CT molecular complexity index is 674. The number of nitrogens with zero attached hydrogens (tertiary/aromatic N) is 4. The van der Waals surface area contributed by atoms with Gasteiger partial charge in [-0.15, -0.1) is 0 Å². The maximum Gasteiger partial charge on any atom is 0.325 e. The van der Waals surface area contributed by atoms with Gasteiger partial charge in [0, 0.05) is 25.0 Å². The number of hydrogen-bond donors (Lipinski definition) is 2. The molecule has 1 amide bonds. The molecular weight excluding hydrogens is 286 g/mol. The van der Waals surface area contributed by atoms with Gasteiger partial charge in [-0.1, -0.05) is 0 Å². The van der Waals surface area contributed by atoms with Crippen LogP contribution in [0.3, 0.4) is 0 Å². The molecule has 8 nitrogen and oxygen atoms in total. The van der Waals surface area contributed by atoms with Gasteiger partial charge in [-0.3, -0.25) is 19.0 Å². The van der Waals surface area contributed by atoms with E-state index in [1.54, 1.807) is 0 Å². The zero-order valence-corrected chi connectivity index (χ0v) is 12.6. The van der Waals surface area contributed by atoms with Gasteiger partial charge in [0.25, 0.3) is 5.91 Å². The first-order valence-corrected chi connectivity index (χ1v) is 6.99. The topological polar surface area (TPSA) is 102 Å². The molecule has 0 radical (unpaired) electrons. The molecule has 2 heterocycles. The summed E-state index contributed by atoms with van der Waals surface area (Å²) in [5, 5.41) is 19.6. The fourth-order valence-corrected chi connectivity index (χ4v) is 2.14. The monoisotopic (exact) mass is 305 g/mol. The van der Waals surface area contributed by atoms with Crippen molar-refractivity contribution in [1.82, 2.24) is 24.9 Å². The molecule has 2 aromatic rings. The van der Waals surface area contributed by atoms with Gasteiger partial charge in [-0.05, 0) is 26.3 Å². The second kappa shape index (κ2) is 6.88. The van der Waals surface area contributed by atoms with Crippen LogP contribution >= 0.6 is 0 Å². The normalized spacial score (nSPS) is 10.6. The number of carbonyl (C=O) groups is 2. The Kier molecular flexibility index (Phi) is 4.92. The number of hydrogen-bond acceptors (Lipinski definition) is 4. The van der Waals surface area contributed by atoms with Crippen molar-refractivity contribution in [1.29, 1.82) is 0 Å². The van der Waals surface area contributed by atoms with Gasteiger partial charge >= 0.3 is 5.97 Å². The Morgan fingerprint density at radius 3 is 2.77 bits per heavy atom. The minimum atomic E-state index is -1.00. The third-order valence-corrected chi connectivity index (χ3v) is 3.13. The number of carbonyl (C=O) groups excluding carboxylic acids is 1. The van der Waals surface area contributed by atoms with E-state index < -0.39 is 5.97 Å². The van der Waals surface area contributed by atoms with Crippen LogP contribution in [0.2, 0.25) is 0 Å². The quantitative estimate of drug-likeness (QED) is 0.729. The molecule has 2 aromatic heterocycles. The van der Waals surface area contributed by atoms with Crippen molar-refractivity contribution >= 4 is 11.9 Å². The van der Waals surface area contributed by atoms with E-state index >= 15 is 0 Å². The summed E-state index contributed by atoms with van der Waals surface area (Å²) >= 11 is 0. The fourth-order valence-electron chi connectivity index (χ4n) is 2.14. The van der Waals surface area contributed by atoms with E-state index in [9.17, 15) is 9.59 Å². The second-order valence-corrected chi connectivity index (χ2v) is 5.08. The zero-order valence-electron chi connectivity index (χ0n) is 12.6. The Morgan fingerprint density at radius 1 is 1.36 bits per heavy atom. The molecule has 0 saturated carbocycles. The van der Waals surface area contributed by atoms with Crippen molar-refractivity contribution in [2.75, 3.05) is 6.54 Å². The number of carboxylic acid groups (broad SMARTS) is 1. The van der Waals surface area contributed by atoms with E-state index in [1.807, 2.05) is 24.6 Å². The smallest absolute Gasteiger partial charge is 0.325 e. The Labute approximate surface area is 127 Å². The van der Waals surface area contributed by atoms with Crippen LogP contribution in [-0.2, 0) is 17.9 Å². The summed E-state index contributed by atoms with van der Waals surface area (Å²) in [6.45, 7) is 4.93. The highest BCUT2D eigenvalue weighted by Gasteiger charge is 2.09. The largest absolute Gasteiger partial charge is 0.480 e. The molecule has 2 rings (SSSR count). The van der Waals surface area contributed by atoms with Crippen LogP contribution in [0, 0.1) is 13.8 Å². The molecule has 0 bridgehead atoms. The molecule has 0 saturated heterocycles. The van der Waals surface area contributed by atoms with Crippen LogP contribution in [0.25, 0.3) is 0 Å². The summed E-state index contributed by atoms with van der Waals surface area (Å²) in [6, 6.07) is 2.01. The third-order valence-electron chi connectivity index (χ3n) is 3.13. The first-order valence-electron chi connectivity index (χ1n) is 6.99. The highest BCUT2D eigenvalue weighted by atomic mass is 16.4. The van der Waals surface area contributed by atoms with Crippen molar-refractivity contribution in [3.05, 3.63) is 35.4 Å². The molecule has 0 aromatic carbocycles. The fraction of sp³-hybridized carbons (Fsp3) is 0.429. The minimum absolute atomic E-state index is 0.259. The van der Waals surface area contributed by atoms with Crippen LogP contribution in [0.5, 0.6) is 0 Å². The van der Waals surface area contributed by atoms with Crippen LogP contribution in [-0.4, -0.2) is 43.1 Å². The number of aliphatic carboxylic acids is 1. The summed E-state index contributed by atoms with van der Waals surface area (Å²) in [5.74, 6) is -1.26. The molecule has 8 heteroatoms.